The highest BCUT2D eigenvalue weighted by atomic mass is 19.1. The summed E-state index contributed by atoms with van der Waals surface area (Å²) in [4.78, 5) is 8.54. The van der Waals surface area contributed by atoms with Crippen LogP contribution in [0.2, 0.25) is 0 Å². The van der Waals surface area contributed by atoms with Gasteiger partial charge < -0.3 is 4.74 Å². The lowest BCUT2D eigenvalue weighted by Crippen LogP contribution is -2.44. The number of ether oxygens (including phenoxy) is 1. The number of halogens is 1. The molecule has 3 aliphatic heterocycles. The lowest BCUT2D eigenvalue weighted by molar-refractivity contribution is 0.0973. The molecule has 2 saturated heterocycles. The number of rotatable bonds is 3. The Kier molecular flexibility index (Phi) is 4.32. The summed E-state index contributed by atoms with van der Waals surface area (Å²) in [6.45, 7) is 12.6. The predicted molar refractivity (Wildman–Crippen MR) is 90.6 cm³/mol. The first-order valence-corrected chi connectivity index (χ1v) is 8.46. The fourth-order valence-electron chi connectivity index (χ4n) is 4.01. The topological polar surface area (TPSA) is 28.1 Å². The number of likely N-dealkylation sites (N-methyl/N-ethyl adjacent to an activating group) is 1. The molecule has 0 spiro atoms. The van der Waals surface area contributed by atoms with Gasteiger partial charge in [0, 0.05) is 18.3 Å². The van der Waals surface area contributed by atoms with Crippen LogP contribution in [0.4, 0.5) is 4.39 Å². The number of allylic oxidation sites excluding steroid dienone is 2. The number of aliphatic imine (C=N–C) groups is 1. The van der Waals surface area contributed by atoms with E-state index in [1.807, 2.05) is 14.0 Å². The van der Waals surface area contributed by atoms with Gasteiger partial charge in [-0.2, -0.15) is 4.99 Å². The second-order valence-electron chi connectivity index (χ2n) is 6.70. The molecule has 0 aromatic rings. The minimum absolute atomic E-state index is 0.120. The van der Waals surface area contributed by atoms with E-state index < -0.39 is 0 Å². The molecule has 5 heteroatoms. The van der Waals surface area contributed by atoms with Gasteiger partial charge in [-0.25, -0.2) is 4.39 Å². The summed E-state index contributed by atoms with van der Waals surface area (Å²) in [5.74, 6) is -0.385. The normalized spacial score (nSPS) is 24.8. The van der Waals surface area contributed by atoms with E-state index in [-0.39, 0.29) is 17.1 Å². The van der Waals surface area contributed by atoms with E-state index in [4.69, 9.17) is 4.74 Å². The van der Waals surface area contributed by atoms with E-state index in [9.17, 15) is 4.39 Å². The molecular formula is C18H26FN3O. The molecule has 0 aromatic heterocycles. The maximum Gasteiger partial charge on any atom is 0.297 e. The summed E-state index contributed by atoms with van der Waals surface area (Å²) >= 11 is 0. The summed E-state index contributed by atoms with van der Waals surface area (Å²) in [5.41, 5.74) is 1.39. The fourth-order valence-corrected chi connectivity index (χ4v) is 4.01. The zero-order valence-electron chi connectivity index (χ0n) is 14.2. The Balaban J connectivity index is 1.77. The van der Waals surface area contributed by atoms with Crippen LogP contribution in [0.25, 0.3) is 0 Å². The smallest absolute Gasteiger partial charge is 0.297 e. The van der Waals surface area contributed by atoms with Gasteiger partial charge >= 0.3 is 0 Å². The average Bonchev–Trinajstić information content (AvgIpc) is 3.08. The molecular weight excluding hydrogens is 293 g/mol. The van der Waals surface area contributed by atoms with Gasteiger partial charge in [-0.05, 0) is 45.2 Å². The monoisotopic (exact) mass is 319 g/mol. The summed E-state index contributed by atoms with van der Waals surface area (Å²) in [5, 5.41) is 0. The molecule has 2 fully saturated rings. The minimum Gasteiger partial charge on any atom is -0.463 e. The fraction of sp³-hybridized carbons (Fsp3) is 0.611. The lowest BCUT2D eigenvalue weighted by atomic mass is 9.95. The third-order valence-corrected chi connectivity index (χ3v) is 5.42. The molecule has 3 rings (SSSR count). The van der Waals surface area contributed by atoms with Gasteiger partial charge in [0.15, 0.2) is 5.83 Å². The van der Waals surface area contributed by atoms with Gasteiger partial charge in [0.05, 0.1) is 11.2 Å². The highest BCUT2D eigenvalue weighted by Crippen LogP contribution is 2.39. The molecule has 0 N–H and O–H groups in total. The molecule has 0 aromatic carbocycles. The number of fused-ring (bicyclic) bond motifs is 1. The summed E-state index contributed by atoms with van der Waals surface area (Å²) in [7, 11) is 1.82. The zero-order valence-corrected chi connectivity index (χ0v) is 14.2. The maximum absolute atomic E-state index is 14.4. The van der Waals surface area contributed by atoms with Gasteiger partial charge in [-0.3, -0.25) is 9.80 Å². The SMILES string of the molecule is C=C1N=C(OCC23CCCN2CCC3)N(C)C(=C)C(CC)=C1F. The van der Waals surface area contributed by atoms with Crippen molar-refractivity contribution in [3.8, 4) is 0 Å². The Bertz CT molecular complexity index is 583. The third kappa shape index (κ3) is 2.71. The van der Waals surface area contributed by atoms with Crippen molar-refractivity contribution >= 4 is 6.02 Å². The van der Waals surface area contributed by atoms with Crippen molar-refractivity contribution in [3.05, 3.63) is 36.0 Å². The molecule has 4 nitrogen and oxygen atoms in total. The molecule has 23 heavy (non-hydrogen) atoms. The standard InChI is InChI=1S/C18H26FN3O/c1-5-15-14(3)21(4)17(20-13(2)16(15)19)23-12-18-8-6-10-22(18)11-7-9-18/h2-3,5-12H2,1,4H3. The van der Waals surface area contributed by atoms with Crippen LogP contribution in [0.5, 0.6) is 0 Å². The van der Waals surface area contributed by atoms with E-state index in [2.05, 4.69) is 23.1 Å². The number of hydrogen-bond donors (Lipinski definition) is 0. The van der Waals surface area contributed by atoms with Crippen LogP contribution in [-0.2, 0) is 4.74 Å². The Hall–Kier alpha value is -1.62. The quantitative estimate of drug-likeness (QED) is 0.796. The summed E-state index contributed by atoms with van der Waals surface area (Å²) in [6.07, 6.45) is 5.33. The van der Waals surface area contributed by atoms with Gasteiger partial charge in [0.1, 0.15) is 6.61 Å². The van der Waals surface area contributed by atoms with Gasteiger partial charge in [0.25, 0.3) is 6.02 Å². The second kappa shape index (κ2) is 6.11. The third-order valence-electron chi connectivity index (χ3n) is 5.42. The highest BCUT2D eigenvalue weighted by molar-refractivity contribution is 5.79. The van der Waals surface area contributed by atoms with E-state index in [0.717, 1.165) is 13.1 Å². The molecule has 0 saturated carbocycles. The first-order chi connectivity index (χ1) is 11.0. The van der Waals surface area contributed by atoms with E-state index in [1.165, 1.54) is 25.7 Å². The van der Waals surface area contributed by atoms with Crippen LogP contribution in [-0.4, -0.2) is 48.1 Å². The molecule has 0 aliphatic carbocycles. The van der Waals surface area contributed by atoms with E-state index >= 15 is 0 Å². The largest absolute Gasteiger partial charge is 0.463 e. The summed E-state index contributed by atoms with van der Waals surface area (Å²) in [6, 6.07) is 0.395. The molecule has 3 aliphatic rings. The van der Waals surface area contributed by atoms with Crippen molar-refractivity contribution in [1.29, 1.82) is 0 Å². The zero-order chi connectivity index (χ0) is 16.6. The van der Waals surface area contributed by atoms with Crippen LogP contribution < -0.4 is 0 Å². The first kappa shape index (κ1) is 16.2. The number of amidine groups is 1. The van der Waals surface area contributed by atoms with Crippen molar-refractivity contribution in [1.82, 2.24) is 9.80 Å². The van der Waals surface area contributed by atoms with Crippen molar-refractivity contribution in [2.24, 2.45) is 4.99 Å². The Morgan fingerprint density at radius 2 is 1.91 bits per heavy atom. The first-order valence-electron chi connectivity index (χ1n) is 8.46. The van der Waals surface area contributed by atoms with Crippen LogP contribution >= 0.6 is 0 Å². The van der Waals surface area contributed by atoms with Gasteiger partial charge in [-0.15, -0.1) is 0 Å². The van der Waals surface area contributed by atoms with Gasteiger partial charge in [-0.1, -0.05) is 20.1 Å². The molecule has 126 valence electrons. The van der Waals surface area contributed by atoms with E-state index in [1.54, 1.807) is 4.90 Å². The Labute approximate surface area is 138 Å². The van der Waals surface area contributed by atoms with Crippen LogP contribution in [0.15, 0.2) is 40.9 Å². The van der Waals surface area contributed by atoms with E-state index in [0.29, 0.717) is 30.3 Å². The molecule has 0 unspecified atom stereocenters. The Morgan fingerprint density at radius 1 is 1.26 bits per heavy atom. The molecule has 3 heterocycles. The average molecular weight is 319 g/mol. The predicted octanol–water partition coefficient (Wildman–Crippen LogP) is 3.59. The Morgan fingerprint density at radius 3 is 2.52 bits per heavy atom. The lowest BCUT2D eigenvalue weighted by Gasteiger charge is -2.33. The minimum atomic E-state index is -0.385. The molecule has 0 atom stereocenters. The van der Waals surface area contributed by atoms with Crippen LogP contribution in [0, 0.1) is 0 Å². The number of hydrogen-bond acceptors (Lipinski definition) is 4. The maximum atomic E-state index is 14.4. The van der Waals surface area contributed by atoms with Crippen LogP contribution in [0.3, 0.4) is 0 Å². The van der Waals surface area contributed by atoms with Crippen molar-refractivity contribution < 1.29 is 9.13 Å². The summed E-state index contributed by atoms with van der Waals surface area (Å²) < 4.78 is 20.4. The molecule has 0 amide bonds. The highest BCUT2D eigenvalue weighted by Gasteiger charge is 2.45. The van der Waals surface area contributed by atoms with Crippen molar-refractivity contribution in [2.75, 3.05) is 26.7 Å². The van der Waals surface area contributed by atoms with Crippen molar-refractivity contribution in [2.45, 2.75) is 44.6 Å². The van der Waals surface area contributed by atoms with Crippen LogP contribution in [0.1, 0.15) is 39.0 Å². The second-order valence-corrected chi connectivity index (χ2v) is 6.70. The van der Waals surface area contributed by atoms with Gasteiger partial charge in [0.2, 0.25) is 0 Å². The number of nitrogens with zero attached hydrogens (tertiary/aromatic N) is 3. The molecule has 0 bridgehead atoms. The molecule has 0 radical (unpaired) electrons. The van der Waals surface area contributed by atoms with Crippen molar-refractivity contribution in [3.63, 3.8) is 0 Å².